The Labute approximate surface area is 187 Å². The van der Waals surface area contributed by atoms with Gasteiger partial charge in [-0.3, -0.25) is 14.2 Å². The number of amides is 1. The van der Waals surface area contributed by atoms with E-state index in [0.29, 0.717) is 34.6 Å². The lowest BCUT2D eigenvalue weighted by molar-refractivity contribution is -0.134. The SMILES string of the molecule is O=C(Cn1cnc2ccccc2c1=O)N1N=C(c2cc3ccccc3o2)CC1c1ccco1. The van der Waals surface area contributed by atoms with Gasteiger partial charge in [-0.1, -0.05) is 30.3 Å². The zero-order chi connectivity index (χ0) is 22.4. The van der Waals surface area contributed by atoms with Gasteiger partial charge < -0.3 is 8.83 Å². The average molecular weight is 438 g/mol. The van der Waals surface area contributed by atoms with E-state index in [9.17, 15) is 9.59 Å². The number of rotatable bonds is 4. The van der Waals surface area contributed by atoms with Crippen LogP contribution in [0.2, 0.25) is 0 Å². The largest absolute Gasteiger partial charge is 0.467 e. The van der Waals surface area contributed by atoms with Gasteiger partial charge in [-0.25, -0.2) is 9.99 Å². The van der Waals surface area contributed by atoms with E-state index in [0.717, 1.165) is 11.0 Å². The van der Waals surface area contributed by atoms with Gasteiger partial charge in [0.25, 0.3) is 11.5 Å². The van der Waals surface area contributed by atoms with E-state index in [1.807, 2.05) is 42.5 Å². The van der Waals surface area contributed by atoms with E-state index < -0.39 is 6.04 Å². The highest BCUT2D eigenvalue weighted by atomic mass is 16.3. The summed E-state index contributed by atoms with van der Waals surface area (Å²) in [4.78, 5) is 30.5. The molecule has 6 rings (SSSR count). The lowest BCUT2D eigenvalue weighted by atomic mass is 10.1. The Morgan fingerprint density at radius 3 is 2.76 bits per heavy atom. The third-order valence-electron chi connectivity index (χ3n) is 5.78. The highest BCUT2D eigenvalue weighted by Crippen LogP contribution is 2.34. The van der Waals surface area contributed by atoms with Crippen LogP contribution in [-0.4, -0.2) is 26.2 Å². The van der Waals surface area contributed by atoms with Gasteiger partial charge in [-0.2, -0.15) is 5.10 Å². The maximum absolute atomic E-state index is 13.3. The van der Waals surface area contributed by atoms with Crippen LogP contribution in [0.15, 0.2) is 98.1 Å². The lowest BCUT2D eigenvalue weighted by Gasteiger charge is -2.20. The molecule has 0 saturated carbocycles. The topological polar surface area (TPSA) is 93.8 Å². The van der Waals surface area contributed by atoms with Crippen LogP contribution in [0.25, 0.3) is 21.9 Å². The highest BCUT2D eigenvalue weighted by molar-refractivity contribution is 6.03. The Morgan fingerprint density at radius 1 is 1.06 bits per heavy atom. The third kappa shape index (κ3) is 3.32. The summed E-state index contributed by atoms with van der Waals surface area (Å²) in [6.45, 7) is -0.190. The molecule has 0 N–H and O–H groups in total. The molecule has 1 amide bonds. The van der Waals surface area contributed by atoms with E-state index in [-0.39, 0.29) is 18.0 Å². The van der Waals surface area contributed by atoms with Crippen LogP contribution in [0.1, 0.15) is 24.0 Å². The van der Waals surface area contributed by atoms with E-state index >= 15 is 0 Å². The van der Waals surface area contributed by atoms with Crippen molar-refractivity contribution in [2.24, 2.45) is 5.10 Å². The molecule has 0 spiro atoms. The summed E-state index contributed by atoms with van der Waals surface area (Å²) < 4.78 is 12.9. The summed E-state index contributed by atoms with van der Waals surface area (Å²) in [6, 6.07) is 19.8. The second kappa shape index (κ2) is 7.59. The summed E-state index contributed by atoms with van der Waals surface area (Å²) in [6.07, 6.45) is 3.39. The fourth-order valence-corrected chi connectivity index (χ4v) is 4.15. The maximum atomic E-state index is 13.3. The number of hydrogen-bond acceptors (Lipinski definition) is 6. The van der Waals surface area contributed by atoms with Crippen molar-refractivity contribution in [1.82, 2.24) is 14.6 Å². The molecule has 8 nitrogen and oxygen atoms in total. The number of fused-ring (bicyclic) bond motifs is 2. The molecule has 3 aromatic heterocycles. The summed E-state index contributed by atoms with van der Waals surface area (Å²) in [5, 5.41) is 7.39. The normalized spacial score (nSPS) is 15.9. The van der Waals surface area contributed by atoms with Crippen LogP contribution in [0, 0.1) is 0 Å². The van der Waals surface area contributed by atoms with Crippen LogP contribution in [0.5, 0.6) is 0 Å². The van der Waals surface area contributed by atoms with Gasteiger partial charge in [0.2, 0.25) is 0 Å². The molecule has 2 aromatic carbocycles. The summed E-state index contributed by atoms with van der Waals surface area (Å²) >= 11 is 0. The van der Waals surface area contributed by atoms with Crippen LogP contribution < -0.4 is 5.56 Å². The Hall–Kier alpha value is -4.46. The van der Waals surface area contributed by atoms with Gasteiger partial charge in [0.1, 0.15) is 29.6 Å². The van der Waals surface area contributed by atoms with E-state index in [2.05, 4.69) is 10.1 Å². The Morgan fingerprint density at radius 2 is 1.91 bits per heavy atom. The molecule has 8 heteroatoms. The first-order valence-corrected chi connectivity index (χ1v) is 10.5. The van der Waals surface area contributed by atoms with Crippen LogP contribution >= 0.6 is 0 Å². The van der Waals surface area contributed by atoms with Gasteiger partial charge in [0.05, 0.1) is 23.5 Å². The van der Waals surface area contributed by atoms with Crippen molar-refractivity contribution in [3.8, 4) is 0 Å². The minimum Gasteiger partial charge on any atom is -0.467 e. The zero-order valence-corrected chi connectivity index (χ0v) is 17.4. The molecule has 5 aromatic rings. The molecule has 162 valence electrons. The summed E-state index contributed by atoms with van der Waals surface area (Å²) in [5.41, 5.74) is 1.71. The van der Waals surface area contributed by atoms with Crippen molar-refractivity contribution in [3.63, 3.8) is 0 Å². The predicted molar refractivity (Wildman–Crippen MR) is 122 cm³/mol. The zero-order valence-electron chi connectivity index (χ0n) is 17.4. The number of hydrogen-bond donors (Lipinski definition) is 0. The highest BCUT2D eigenvalue weighted by Gasteiger charge is 2.36. The summed E-state index contributed by atoms with van der Waals surface area (Å²) in [7, 11) is 0. The molecule has 1 aliphatic heterocycles. The first kappa shape index (κ1) is 19.2. The quantitative estimate of drug-likeness (QED) is 0.421. The number of furan rings is 2. The van der Waals surface area contributed by atoms with Crippen molar-refractivity contribution in [2.45, 2.75) is 19.0 Å². The minimum atomic E-state index is -0.431. The Balaban J connectivity index is 1.36. The van der Waals surface area contributed by atoms with Crippen molar-refractivity contribution in [1.29, 1.82) is 0 Å². The van der Waals surface area contributed by atoms with Crippen LogP contribution in [0.4, 0.5) is 0 Å². The standard InChI is InChI=1S/C25H18N4O4/c30-24(14-28-15-26-18-8-3-2-7-17(18)25(28)31)29-20(22-10-5-11-32-22)13-19(27-29)23-12-16-6-1-4-9-21(16)33-23/h1-12,15,20H,13-14H2. The Kier molecular flexibility index (Phi) is 4.43. The van der Waals surface area contributed by atoms with E-state index in [4.69, 9.17) is 8.83 Å². The van der Waals surface area contributed by atoms with Gasteiger partial charge in [-0.15, -0.1) is 0 Å². The molecule has 0 radical (unpaired) electrons. The molecule has 1 atom stereocenters. The van der Waals surface area contributed by atoms with Crippen LogP contribution in [-0.2, 0) is 11.3 Å². The van der Waals surface area contributed by atoms with Gasteiger partial charge in [0.15, 0.2) is 5.76 Å². The first-order valence-electron chi connectivity index (χ1n) is 10.5. The van der Waals surface area contributed by atoms with Gasteiger partial charge in [-0.05, 0) is 36.4 Å². The van der Waals surface area contributed by atoms with Crippen molar-refractivity contribution >= 4 is 33.5 Å². The molecular weight excluding hydrogens is 420 g/mol. The molecule has 0 fully saturated rings. The molecule has 33 heavy (non-hydrogen) atoms. The number of aromatic nitrogens is 2. The second-order valence-corrected chi connectivity index (χ2v) is 7.86. The number of nitrogens with zero attached hydrogens (tertiary/aromatic N) is 4. The van der Waals surface area contributed by atoms with Crippen molar-refractivity contribution in [3.05, 3.63) is 101 Å². The predicted octanol–water partition coefficient (Wildman–Crippen LogP) is 4.11. The third-order valence-corrected chi connectivity index (χ3v) is 5.78. The number of benzene rings is 2. The monoisotopic (exact) mass is 438 g/mol. The maximum Gasteiger partial charge on any atom is 0.263 e. The van der Waals surface area contributed by atoms with Gasteiger partial charge >= 0.3 is 0 Å². The van der Waals surface area contributed by atoms with E-state index in [1.165, 1.54) is 15.9 Å². The fraction of sp³-hybridized carbons (Fsp3) is 0.120. The molecule has 0 aliphatic carbocycles. The lowest BCUT2D eigenvalue weighted by Crippen LogP contribution is -2.34. The molecule has 0 saturated heterocycles. The number of para-hydroxylation sites is 2. The molecular formula is C25H18N4O4. The second-order valence-electron chi connectivity index (χ2n) is 7.86. The molecule has 1 aliphatic rings. The van der Waals surface area contributed by atoms with Crippen molar-refractivity contribution in [2.75, 3.05) is 0 Å². The number of hydrazone groups is 1. The average Bonchev–Trinajstić information content (AvgIpc) is 3.59. The van der Waals surface area contributed by atoms with Gasteiger partial charge in [0, 0.05) is 11.8 Å². The molecule has 4 heterocycles. The fourth-order valence-electron chi connectivity index (χ4n) is 4.15. The molecule has 0 bridgehead atoms. The smallest absolute Gasteiger partial charge is 0.263 e. The molecule has 1 unspecified atom stereocenters. The van der Waals surface area contributed by atoms with E-state index in [1.54, 1.807) is 30.5 Å². The number of carbonyl (C=O) groups is 1. The minimum absolute atomic E-state index is 0.190. The first-order chi connectivity index (χ1) is 16.2. The van der Waals surface area contributed by atoms with Crippen LogP contribution in [0.3, 0.4) is 0 Å². The summed E-state index contributed by atoms with van der Waals surface area (Å²) in [5.74, 6) is 0.872. The number of carbonyl (C=O) groups excluding carboxylic acids is 1. The Bertz CT molecular complexity index is 1550. The van der Waals surface area contributed by atoms with Crippen molar-refractivity contribution < 1.29 is 13.6 Å².